The smallest absolute Gasteiger partial charge is 0.254 e. The average molecular weight is 332 g/mol. The van der Waals surface area contributed by atoms with Gasteiger partial charge in [-0.25, -0.2) is 0 Å². The summed E-state index contributed by atoms with van der Waals surface area (Å²) in [5, 5.41) is 0.471. The molecule has 1 aromatic rings. The lowest BCUT2D eigenvalue weighted by Gasteiger charge is -2.37. The van der Waals surface area contributed by atoms with Gasteiger partial charge < -0.3 is 9.80 Å². The maximum Gasteiger partial charge on any atom is 0.254 e. The number of nitrogens with zero attached hydrogens (tertiary/aromatic N) is 2. The van der Waals surface area contributed by atoms with Crippen molar-refractivity contribution in [1.82, 2.24) is 4.90 Å². The van der Waals surface area contributed by atoms with Gasteiger partial charge in [-0.15, -0.1) is 0 Å². The van der Waals surface area contributed by atoms with Crippen LogP contribution in [0.5, 0.6) is 0 Å². The first-order chi connectivity index (χ1) is 11.0. The number of amides is 2. The molecule has 2 amide bonds. The van der Waals surface area contributed by atoms with Crippen molar-refractivity contribution in [2.45, 2.75) is 44.9 Å². The van der Waals surface area contributed by atoms with Gasteiger partial charge in [-0.2, -0.15) is 11.8 Å². The van der Waals surface area contributed by atoms with Gasteiger partial charge in [0.25, 0.3) is 5.91 Å². The predicted molar refractivity (Wildman–Crippen MR) is 95.2 cm³/mol. The van der Waals surface area contributed by atoms with Crippen molar-refractivity contribution < 1.29 is 9.59 Å². The average Bonchev–Trinajstić information content (AvgIpc) is 2.55. The maximum absolute atomic E-state index is 12.9. The van der Waals surface area contributed by atoms with E-state index in [4.69, 9.17) is 0 Å². The molecule has 0 aliphatic carbocycles. The minimum absolute atomic E-state index is 0.0699. The molecule has 1 saturated heterocycles. The summed E-state index contributed by atoms with van der Waals surface area (Å²) in [5.74, 6) is 1.19. The Labute approximate surface area is 142 Å². The Hall–Kier alpha value is -1.49. The van der Waals surface area contributed by atoms with Crippen LogP contribution in [0, 0.1) is 0 Å². The summed E-state index contributed by atoms with van der Waals surface area (Å²) in [6, 6.07) is 6.06. The van der Waals surface area contributed by atoms with Gasteiger partial charge >= 0.3 is 0 Å². The molecule has 0 radical (unpaired) electrons. The number of carbonyl (C=O) groups excluding carboxylic acids is 2. The molecule has 2 atom stereocenters. The fraction of sp³-hybridized carbons (Fsp3) is 0.556. The minimum Gasteiger partial charge on any atom is -0.334 e. The summed E-state index contributed by atoms with van der Waals surface area (Å²) < 4.78 is 0. The molecule has 2 heterocycles. The summed E-state index contributed by atoms with van der Waals surface area (Å²) in [5.41, 5.74) is 2.83. The van der Waals surface area contributed by atoms with E-state index in [1.807, 2.05) is 39.8 Å². The number of benzene rings is 1. The zero-order valence-electron chi connectivity index (χ0n) is 14.0. The molecular weight excluding hydrogens is 308 g/mol. The lowest BCUT2D eigenvalue weighted by molar-refractivity contribution is -0.116. The molecule has 0 unspecified atom stereocenters. The second-order valence-corrected chi connectivity index (χ2v) is 7.92. The lowest BCUT2D eigenvalue weighted by atomic mass is 9.98. The summed E-state index contributed by atoms with van der Waals surface area (Å²) >= 11 is 1.93. The first-order valence-corrected chi connectivity index (χ1v) is 9.37. The fourth-order valence-electron chi connectivity index (χ4n) is 3.44. The normalized spacial score (nSPS) is 24.3. The molecule has 0 saturated carbocycles. The molecule has 5 heteroatoms. The van der Waals surface area contributed by atoms with Crippen molar-refractivity contribution >= 4 is 29.3 Å². The molecule has 3 rings (SSSR count). The molecule has 2 aliphatic rings. The second kappa shape index (κ2) is 6.56. The number of anilines is 1. The highest BCUT2D eigenvalue weighted by atomic mass is 32.2. The molecule has 1 aromatic carbocycles. The van der Waals surface area contributed by atoms with Gasteiger partial charge in [0.1, 0.15) is 0 Å². The van der Waals surface area contributed by atoms with Crippen molar-refractivity contribution in [3.8, 4) is 0 Å². The zero-order chi connectivity index (χ0) is 16.6. The number of fused-ring (bicyclic) bond motifs is 1. The maximum atomic E-state index is 12.9. The van der Waals surface area contributed by atoms with E-state index in [9.17, 15) is 9.59 Å². The van der Waals surface area contributed by atoms with E-state index in [-0.39, 0.29) is 17.9 Å². The van der Waals surface area contributed by atoms with Crippen molar-refractivity contribution in [1.29, 1.82) is 0 Å². The van der Waals surface area contributed by atoms with Gasteiger partial charge in [-0.1, -0.05) is 6.92 Å². The van der Waals surface area contributed by atoms with E-state index in [2.05, 4.69) is 13.8 Å². The summed E-state index contributed by atoms with van der Waals surface area (Å²) in [6.07, 6.45) is 1.89. The molecule has 23 heavy (non-hydrogen) atoms. The third-order valence-electron chi connectivity index (χ3n) is 4.97. The first-order valence-electron chi connectivity index (χ1n) is 8.32. The van der Waals surface area contributed by atoms with Crippen LogP contribution in [-0.2, 0) is 11.2 Å². The van der Waals surface area contributed by atoms with Crippen molar-refractivity contribution in [3.05, 3.63) is 29.3 Å². The molecular formula is C18H24N2O2S. The Morgan fingerprint density at radius 1 is 1.22 bits per heavy atom. The Kier molecular flexibility index (Phi) is 4.67. The number of hydrogen-bond acceptors (Lipinski definition) is 3. The van der Waals surface area contributed by atoms with Crippen molar-refractivity contribution in [2.24, 2.45) is 0 Å². The number of carbonyl (C=O) groups is 2. The van der Waals surface area contributed by atoms with Gasteiger partial charge in [0, 0.05) is 48.3 Å². The fourth-order valence-corrected chi connectivity index (χ4v) is 4.54. The van der Waals surface area contributed by atoms with Crippen LogP contribution in [0.25, 0.3) is 0 Å². The summed E-state index contributed by atoms with van der Waals surface area (Å²) in [6.45, 7) is 7.50. The van der Waals surface area contributed by atoms with Crippen LogP contribution in [0.2, 0.25) is 0 Å². The Bertz CT molecular complexity index is 631. The number of aryl methyl sites for hydroxylation is 1. The number of rotatable bonds is 1. The molecule has 0 N–H and O–H groups in total. The van der Waals surface area contributed by atoms with E-state index >= 15 is 0 Å². The third-order valence-corrected chi connectivity index (χ3v) is 6.31. The van der Waals surface area contributed by atoms with Crippen LogP contribution in [0.4, 0.5) is 5.69 Å². The van der Waals surface area contributed by atoms with Gasteiger partial charge in [-0.05, 0) is 43.5 Å². The van der Waals surface area contributed by atoms with Crippen LogP contribution in [0.15, 0.2) is 18.2 Å². The number of hydrogen-bond donors (Lipinski definition) is 0. The van der Waals surface area contributed by atoms with Crippen molar-refractivity contribution in [2.75, 3.05) is 23.7 Å². The molecule has 2 aliphatic heterocycles. The topological polar surface area (TPSA) is 40.6 Å². The van der Waals surface area contributed by atoms with Gasteiger partial charge in [0.2, 0.25) is 5.91 Å². The minimum atomic E-state index is 0.0699. The van der Waals surface area contributed by atoms with E-state index in [0.717, 1.165) is 48.5 Å². The molecule has 4 nitrogen and oxygen atoms in total. The monoisotopic (exact) mass is 332 g/mol. The Morgan fingerprint density at radius 2 is 2.00 bits per heavy atom. The Balaban J connectivity index is 1.87. The van der Waals surface area contributed by atoms with E-state index in [0.29, 0.717) is 5.25 Å². The lowest BCUT2D eigenvalue weighted by Crippen LogP contribution is -2.48. The third kappa shape index (κ3) is 3.11. The molecule has 0 bridgehead atoms. The molecule has 0 spiro atoms. The molecule has 1 fully saturated rings. The highest BCUT2D eigenvalue weighted by Gasteiger charge is 2.30. The first kappa shape index (κ1) is 16.4. The highest BCUT2D eigenvalue weighted by Crippen LogP contribution is 2.30. The Morgan fingerprint density at radius 3 is 2.74 bits per heavy atom. The van der Waals surface area contributed by atoms with Gasteiger partial charge in [0.05, 0.1) is 0 Å². The van der Waals surface area contributed by atoms with Crippen LogP contribution >= 0.6 is 11.8 Å². The largest absolute Gasteiger partial charge is 0.334 e. The predicted octanol–water partition coefficient (Wildman–Crippen LogP) is 2.95. The molecule has 0 aromatic heterocycles. The van der Waals surface area contributed by atoms with Crippen LogP contribution in [0.1, 0.15) is 43.1 Å². The van der Waals surface area contributed by atoms with Crippen LogP contribution < -0.4 is 4.90 Å². The van der Waals surface area contributed by atoms with E-state index in [1.54, 1.807) is 6.92 Å². The quantitative estimate of drug-likeness (QED) is 0.794. The van der Waals surface area contributed by atoms with Gasteiger partial charge in [-0.3, -0.25) is 9.59 Å². The second-order valence-electron chi connectivity index (χ2n) is 6.43. The standard InChI is InChI=1S/C18H24N2O2S/c1-12-13(2)23-10-9-19(12)18(22)16-6-7-17-15(11-16)5-4-8-20(17)14(3)21/h6-7,11-13H,4-5,8-10H2,1-3H3/t12-,13-/m0/s1. The van der Waals surface area contributed by atoms with Crippen molar-refractivity contribution in [3.63, 3.8) is 0 Å². The SMILES string of the molecule is CC(=O)N1CCCc2cc(C(=O)N3CCS[C@@H](C)[C@@H]3C)ccc21. The van der Waals surface area contributed by atoms with Crippen LogP contribution in [-0.4, -0.2) is 46.8 Å². The number of thioether (sulfide) groups is 1. The van der Waals surface area contributed by atoms with E-state index < -0.39 is 0 Å². The zero-order valence-corrected chi connectivity index (χ0v) is 14.9. The molecule has 124 valence electrons. The van der Waals surface area contributed by atoms with E-state index in [1.165, 1.54) is 0 Å². The summed E-state index contributed by atoms with van der Waals surface area (Å²) in [4.78, 5) is 28.5. The van der Waals surface area contributed by atoms with Crippen LogP contribution in [0.3, 0.4) is 0 Å². The van der Waals surface area contributed by atoms with Gasteiger partial charge in [0.15, 0.2) is 0 Å². The summed E-state index contributed by atoms with van der Waals surface area (Å²) in [7, 11) is 0. The highest BCUT2D eigenvalue weighted by molar-refractivity contribution is 8.00.